The quantitative estimate of drug-likeness (QED) is 0.682. The van der Waals surface area contributed by atoms with Crippen LogP contribution in [-0.2, 0) is 7.05 Å². The van der Waals surface area contributed by atoms with Gasteiger partial charge in [-0.3, -0.25) is 0 Å². The fourth-order valence-electron chi connectivity index (χ4n) is 3.83. The van der Waals surface area contributed by atoms with Crippen molar-refractivity contribution in [1.82, 2.24) is 14.5 Å². The Morgan fingerprint density at radius 1 is 1.19 bits per heavy atom. The van der Waals surface area contributed by atoms with E-state index in [4.69, 9.17) is 16.6 Å². The van der Waals surface area contributed by atoms with Crippen LogP contribution in [-0.4, -0.2) is 27.6 Å². The fourth-order valence-corrected chi connectivity index (χ4v) is 4.01. The summed E-state index contributed by atoms with van der Waals surface area (Å²) in [5, 5.41) is 0.631. The van der Waals surface area contributed by atoms with Crippen molar-refractivity contribution in [2.45, 2.75) is 6.42 Å². The molecule has 26 heavy (non-hydrogen) atoms. The number of hydrogen-bond donors (Lipinski definition) is 0. The Bertz CT molecular complexity index is 1060. The normalized spacial score (nSPS) is 17.0. The predicted octanol–water partition coefficient (Wildman–Crippen LogP) is 4.61. The molecule has 0 radical (unpaired) electrons. The number of anilines is 1. The molecule has 2 aliphatic rings. The number of aromatic nitrogens is 3. The highest BCUT2D eigenvalue weighted by Crippen LogP contribution is 2.35. The minimum atomic E-state index is 0.631. The van der Waals surface area contributed by atoms with Gasteiger partial charge in [0, 0.05) is 37.8 Å². The second kappa shape index (κ2) is 5.99. The number of fused-ring (bicyclic) bond motifs is 1. The molecule has 0 amide bonds. The number of rotatable bonds is 3. The molecule has 3 aromatic rings. The van der Waals surface area contributed by atoms with Gasteiger partial charge in [-0.2, -0.15) is 0 Å². The molecule has 0 bridgehead atoms. The standard InChI is InChI=1S/C21H19ClN4/c1-25-19-9-5-4-8-18(19)24-21(25)16-10-20(23-11-17(16)22)26-12-15(13-26)14-6-2-3-7-14/h2-6,8-11,15H,7,12-13H2,1H3. The van der Waals surface area contributed by atoms with Crippen LogP contribution >= 0.6 is 11.6 Å². The number of nitrogens with zero attached hydrogens (tertiary/aromatic N) is 4. The summed E-state index contributed by atoms with van der Waals surface area (Å²) in [6, 6.07) is 10.2. The molecule has 0 atom stereocenters. The first-order valence-corrected chi connectivity index (χ1v) is 9.26. The molecule has 4 nitrogen and oxygen atoms in total. The summed E-state index contributed by atoms with van der Waals surface area (Å²) < 4.78 is 2.09. The first kappa shape index (κ1) is 15.6. The summed E-state index contributed by atoms with van der Waals surface area (Å²) in [4.78, 5) is 11.6. The van der Waals surface area contributed by atoms with Crippen LogP contribution in [0.2, 0.25) is 5.02 Å². The van der Waals surface area contributed by atoms with Crippen LogP contribution in [0.25, 0.3) is 22.4 Å². The van der Waals surface area contributed by atoms with Gasteiger partial charge in [-0.1, -0.05) is 47.5 Å². The van der Waals surface area contributed by atoms with Gasteiger partial charge < -0.3 is 9.47 Å². The molecule has 1 saturated heterocycles. The van der Waals surface area contributed by atoms with E-state index in [0.29, 0.717) is 10.9 Å². The summed E-state index contributed by atoms with van der Waals surface area (Å²) in [5.41, 5.74) is 4.54. The van der Waals surface area contributed by atoms with E-state index in [0.717, 1.165) is 47.7 Å². The zero-order chi connectivity index (χ0) is 17.7. The number of benzene rings is 1. The molecule has 3 heterocycles. The van der Waals surface area contributed by atoms with Crippen molar-refractivity contribution in [1.29, 1.82) is 0 Å². The number of allylic oxidation sites excluding steroid dienone is 3. The molecule has 5 heteroatoms. The molecule has 130 valence electrons. The van der Waals surface area contributed by atoms with Gasteiger partial charge in [-0.25, -0.2) is 9.97 Å². The van der Waals surface area contributed by atoms with Gasteiger partial charge in [0.15, 0.2) is 0 Å². The highest BCUT2D eigenvalue weighted by molar-refractivity contribution is 6.33. The lowest BCUT2D eigenvalue weighted by Gasteiger charge is -2.41. The first-order valence-electron chi connectivity index (χ1n) is 8.88. The topological polar surface area (TPSA) is 34.0 Å². The van der Waals surface area contributed by atoms with Crippen molar-refractivity contribution in [2.24, 2.45) is 13.0 Å². The van der Waals surface area contributed by atoms with Crippen LogP contribution < -0.4 is 4.90 Å². The van der Waals surface area contributed by atoms with Crippen molar-refractivity contribution in [3.63, 3.8) is 0 Å². The van der Waals surface area contributed by atoms with Gasteiger partial charge in [-0.15, -0.1) is 0 Å². The molecular formula is C21H19ClN4. The van der Waals surface area contributed by atoms with Crippen molar-refractivity contribution >= 4 is 28.5 Å². The van der Waals surface area contributed by atoms with Crippen LogP contribution in [0, 0.1) is 5.92 Å². The average molecular weight is 363 g/mol. The van der Waals surface area contributed by atoms with Gasteiger partial charge in [0.1, 0.15) is 11.6 Å². The SMILES string of the molecule is Cn1c(-c2cc(N3CC(C4=CC=CC4)C3)ncc2Cl)nc2ccccc21. The van der Waals surface area contributed by atoms with Crippen molar-refractivity contribution < 1.29 is 0 Å². The predicted molar refractivity (Wildman–Crippen MR) is 106 cm³/mol. The van der Waals surface area contributed by atoms with E-state index in [2.05, 4.69) is 44.8 Å². The minimum absolute atomic E-state index is 0.631. The lowest BCUT2D eigenvalue weighted by Crippen LogP contribution is -2.47. The number of imidazole rings is 1. The maximum atomic E-state index is 6.48. The van der Waals surface area contributed by atoms with Gasteiger partial charge in [0.05, 0.1) is 16.1 Å². The number of hydrogen-bond acceptors (Lipinski definition) is 3. The van der Waals surface area contributed by atoms with E-state index in [1.165, 1.54) is 5.57 Å². The summed E-state index contributed by atoms with van der Waals surface area (Å²) in [6.45, 7) is 2.04. The van der Waals surface area contributed by atoms with E-state index in [1.807, 2.05) is 25.2 Å². The summed E-state index contributed by atoms with van der Waals surface area (Å²) >= 11 is 6.48. The van der Waals surface area contributed by atoms with Gasteiger partial charge >= 0.3 is 0 Å². The summed E-state index contributed by atoms with van der Waals surface area (Å²) in [5.74, 6) is 2.49. The molecule has 0 N–H and O–H groups in total. The van der Waals surface area contributed by atoms with Crippen molar-refractivity contribution in [3.8, 4) is 11.4 Å². The third-order valence-corrected chi connectivity index (χ3v) is 5.70. The monoisotopic (exact) mass is 362 g/mol. The lowest BCUT2D eigenvalue weighted by atomic mass is 9.90. The number of aryl methyl sites for hydroxylation is 1. The molecular weight excluding hydrogens is 344 g/mol. The van der Waals surface area contributed by atoms with E-state index in [1.54, 1.807) is 6.20 Å². The maximum absolute atomic E-state index is 6.48. The lowest BCUT2D eigenvalue weighted by molar-refractivity contribution is 0.461. The first-order chi connectivity index (χ1) is 12.7. The smallest absolute Gasteiger partial charge is 0.142 e. The fraction of sp³-hybridized carbons (Fsp3) is 0.238. The van der Waals surface area contributed by atoms with Gasteiger partial charge in [0.2, 0.25) is 0 Å². The Hall–Kier alpha value is -2.59. The van der Waals surface area contributed by atoms with Crippen LogP contribution in [0.4, 0.5) is 5.82 Å². The Balaban J connectivity index is 1.46. The molecule has 0 spiro atoms. The highest BCUT2D eigenvalue weighted by Gasteiger charge is 2.31. The number of halogens is 1. The Labute approximate surface area is 157 Å². The van der Waals surface area contributed by atoms with Gasteiger partial charge in [-0.05, 0) is 24.6 Å². The molecule has 1 aliphatic carbocycles. The molecule has 1 fully saturated rings. The Morgan fingerprint density at radius 2 is 2.04 bits per heavy atom. The second-order valence-electron chi connectivity index (χ2n) is 6.98. The van der Waals surface area contributed by atoms with E-state index < -0.39 is 0 Å². The van der Waals surface area contributed by atoms with Crippen LogP contribution in [0.1, 0.15) is 6.42 Å². The zero-order valence-corrected chi connectivity index (χ0v) is 15.3. The molecule has 0 saturated carbocycles. The van der Waals surface area contributed by atoms with Crippen LogP contribution in [0.3, 0.4) is 0 Å². The number of pyridine rings is 1. The minimum Gasteiger partial charge on any atom is -0.355 e. The van der Waals surface area contributed by atoms with E-state index >= 15 is 0 Å². The number of para-hydroxylation sites is 2. The third kappa shape index (κ3) is 2.44. The van der Waals surface area contributed by atoms with Crippen molar-refractivity contribution in [3.05, 3.63) is 65.4 Å². The highest BCUT2D eigenvalue weighted by atomic mass is 35.5. The third-order valence-electron chi connectivity index (χ3n) is 5.40. The molecule has 1 aliphatic heterocycles. The van der Waals surface area contributed by atoms with E-state index in [9.17, 15) is 0 Å². The van der Waals surface area contributed by atoms with Crippen LogP contribution in [0.15, 0.2) is 60.3 Å². The molecule has 2 aromatic heterocycles. The van der Waals surface area contributed by atoms with Gasteiger partial charge in [0.25, 0.3) is 0 Å². The Morgan fingerprint density at radius 3 is 2.81 bits per heavy atom. The maximum Gasteiger partial charge on any atom is 0.142 e. The van der Waals surface area contributed by atoms with Crippen molar-refractivity contribution in [2.75, 3.05) is 18.0 Å². The summed E-state index contributed by atoms with van der Waals surface area (Å²) in [7, 11) is 2.03. The molecule has 1 aromatic carbocycles. The zero-order valence-electron chi connectivity index (χ0n) is 14.6. The second-order valence-corrected chi connectivity index (χ2v) is 7.39. The molecule has 0 unspecified atom stereocenters. The molecule has 5 rings (SSSR count). The summed E-state index contributed by atoms with van der Waals surface area (Å²) in [6.07, 6.45) is 9.47. The Kier molecular flexibility index (Phi) is 3.61. The van der Waals surface area contributed by atoms with E-state index in [-0.39, 0.29) is 0 Å². The average Bonchev–Trinajstić information content (AvgIpc) is 3.24. The van der Waals surface area contributed by atoms with Crippen LogP contribution in [0.5, 0.6) is 0 Å². The largest absolute Gasteiger partial charge is 0.355 e.